The van der Waals surface area contributed by atoms with Gasteiger partial charge in [-0.1, -0.05) is 19.1 Å². The molecule has 1 heterocycles. The summed E-state index contributed by atoms with van der Waals surface area (Å²) in [6, 6.07) is 6.58. The Hall–Kier alpha value is -0.0800. The predicted molar refractivity (Wildman–Crippen MR) is 57.2 cm³/mol. The van der Waals surface area contributed by atoms with E-state index >= 15 is 0 Å². The summed E-state index contributed by atoms with van der Waals surface area (Å²) in [6.07, 6.45) is 0. The molecule has 0 aromatic heterocycles. The number of thioether (sulfide) groups is 2. The molecule has 12 heavy (non-hydrogen) atoms. The van der Waals surface area contributed by atoms with Gasteiger partial charge in [-0.05, 0) is 18.6 Å². The zero-order chi connectivity index (χ0) is 8.55. The first kappa shape index (κ1) is 8.52. The van der Waals surface area contributed by atoms with E-state index in [4.69, 9.17) is 0 Å². The fraction of sp³-hybridized carbons (Fsp3) is 0.400. The van der Waals surface area contributed by atoms with Crippen molar-refractivity contribution in [3.63, 3.8) is 0 Å². The summed E-state index contributed by atoms with van der Waals surface area (Å²) in [6.45, 7) is 4.49. The van der Waals surface area contributed by atoms with Crippen molar-refractivity contribution < 1.29 is 0 Å². The summed E-state index contributed by atoms with van der Waals surface area (Å²) in [7, 11) is 0. The summed E-state index contributed by atoms with van der Waals surface area (Å²) in [4.78, 5) is 2.97. The second kappa shape index (κ2) is 3.35. The highest BCUT2D eigenvalue weighted by molar-refractivity contribution is 8.06. The van der Waals surface area contributed by atoms with Gasteiger partial charge in [0.2, 0.25) is 0 Å². The number of hydrogen-bond acceptors (Lipinski definition) is 2. The average molecular weight is 196 g/mol. The van der Waals surface area contributed by atoms with Crippen LogP contribution >= 0.6 is 23.5 Å². The SMILES string of the molecule is Cc1cccc2c1SCC(C)S2. The molecule has 64 valence electrons. The van der Waals surface area contributed by atoms with Gasteiger partial charge in [0.1, 0.15) is 0 Å². The highest BCUT2D eigenvalue weighted by Crippen LogP contribution is 2.41. The Labute approximate surface area is 82.1 Å². The lowest BCUT2D eigenvalue weighted by Gasteiger charge is -2.21. The van der Waals surface area contributed by atoms with Crippen molar-refractivity contribution in [1.82, 2.24) is 0 Å². The van der Waals surface area contributed by atoms with E-state index in [1.807, 2.05) is 23.5 Å². The van der Waals surface area contributed by atoms with Crippen LogP contribution in [0.15, 0.2) is 28.0 Å². The summed E-state index contributed by atoms with van der Waals surface area (Å²) in [5.41, 5.74) is 1.43. The molecular weight excluding hydrogens is 184 g/mol. The average Bonchev–Trinajstić information content (AvgIpc) is 2.04. The molecule has 2 rings (SSSR count). The van der Waals surface area contributed by atoms with Gasteiger partial charge in [-0.2, -0.15) is 0 Å². The van der Waals surface area contributed by atoms with Gasteiger partial charge in [0.15, 0.2) is 0 Å². The van der Waals surface area contributed by atoms with Crippen molar-refractivity contribution in [2.24, 2.45) is 0 Å². The van der Waals surface area contributed by atoms with Gasteiger partial charge in [0.25, 0.3) is 0 Å². The fourth-order valence-corrected chi connectivity index (χ4v) is 3.92. The van der Waals surface area contributed by atoms with Gasteiger partial charge < -0.3 is 0 Å². The summed E-state index contributed by atoms with van der Waals surface area (Å²) in [5, 5.41) is 0.768. The standard InChI is InChI=1S/C10H12S2/c1-7-4-3-5-9-10(7)11-6-8(2)12-9/h3-5,8H,6H2,1-2H3. The Bertz CT molecular complexity index is 294. The Kier molecular flexibility index (Phi) is 2.37. The van der Waals surface area contributed by atoms with E-state index in [-0.39, 0.29) is 0 Å². The molecule has 1 aromatic carbocycles. The van der Waals surface area contributed by atoms with Crippen molar-refractivity contribution in [1.29, 1.82) is 0 Å². The minimum Gasteiger partial charge on any atom is -0.124 e. The second-order valence-corrected chi connectivity index (χ2v) is 5.65. The van der Waals surface area contributed by atoms with Crippen LogP contribution in [0.4, 0.5) is 0 Å². The Morgan fingerprint density at radius 3 is 3.08 bits per heavy atom. The van der Waals surface area contributed by atoms with E-state index in [1.54, 1.807) is 0 Å². The van der Waals surface area contributed by atoms with Gasteiger partial charge >= 0.3 is 0 Å². The maximum absolute atomic E-state index is 2.29. The lowest BCUT2D eigenvalue weighted by Crippen LogP contribution is -2.05. The molecule has 0 bridgehead atoms. The van der Waals surface area contributed by atoms with Crippen LogP contribution in [0, 0.1) is 6.92 Å². The minimum absolute atomic E-state index is 0.768. The number of aryl methyl sites for hydroxylation is 1. The molecule has 0 radical (unpaired) electrons. The number of benzene rings is 1. The van der Waals surface area contributed by atoms with Crippen LogP contribution < -0.4 is 0 Å². The van der Waals surface area contributed by atoms with E-state index < -0.39 is 0 Å². The third-order valence-corrected chi connectivity index (χ3v) is 4.97. The van der Waals surface area contributed by atoms with Crippen molar-refractivity contribution >= 4 is 23.5 Å². The number of rotatable bonds is 0. The number of hydrogen-bond donors (Lipinski definition) is 0. The summed E-state index contributed by atoms with van der Waals surface area (Å²) >= 11 is 4.01. The van der Waals surface area contributed by atoms with E-state index in [0.29, 0.717) is 0 Å². The third kappa shape index (κ3) is 1.50. The van der Waals surface area contributed by atoms with Crippen molar-refractivity contribution in [2.45, 2.75) is 28.9 Å². The van der Waals surface area contributed by atoms with Gasteiger partial charge in [-0.15, -0.1) is 23.5 Å². The summed E-state index contributed by atoms with van der Waals surface area (Å²) in [5.74, 6) is 1.25. The highest BCUT2D eigenvalue weighted by atomic mass is 32.2. The molecule has 0 N–H and O–H groups in total. The van der Waals surface area contributed by atoms with Gasteiger partial charge in [0.05, 0.1) is 0 Å². The quantitative estimate of drug-likeness (QED) is 0.622. The van der Waals surface area contributed by atoms with Crippen LogP contribution in [0.5, 0.6) is 0 Å². The molecule has 1 atom stereocenters. The molecule has 1 aromatic rings. The van der Waals surface area contributed by atoms with Gasteiger partial charge in [-0.25, -0.2) is 0 Å². The number of fused-ring (bicyclic) bond motifs is 1. The topological polar surface area (TPSA) is 0 Å². The zero-order valence-corrected chi connectivity index (χ0v) is 8.97. The molecular formula is C10H12S2. The Morgan fingerprint density at radius 1 is 1.42 bits per heavy atom. The molecule has 0 nitrogen and oxygen atoms in total. The van der Waals surface area contributed by atoms with Crippen LogP contribution in [0.3, 0.4) is 0 Å². The molecule has 0 amide bonds. The van der Waals surface area contributed by atoms with E-state index in [1.165, 1.54) is 21.1 Å². The first-order valence-electron chi connectivity index (χ1n) is 4.16. The van der Waals surface area contributed by atoms with Crippen LogP contribution in [-0.4, -0.2) is 11.0 Å². The maximum Gasteiger partial charge on any atom is 0.0238 e. The van der Waals surface area contributed by atoms with Gasteiger partial charge in [0, 0.05) is 20.8 Å². The molecule has 2 heteroatoms. The molecule has 0 saturated carbocycles. The van der Waals surface area contributed by atoms with Crippen molar-refractivity contribution in [3.05, 3.63) is 23.8 Å². The van der Waals surface area contributed by atoms with Crippen molar-refractivity contribution in [3.8, 4) is 0 Å². The molecule has 1 aliphatic rings. The van der Waals surface area contributed by atoms with E-state index in [0.717, 1.165) is 5.25 Å². The molecule has 0 saturated heterocycles. The summed E-state index contributed by atoms with van der Waals surface area (Å²) < 4.78 is 0. The Balaban J connectivity index is 2.42. The molecule has 1 unspecified atom stereocenters. The molecule has 0 spiro atoms. The van der Waals surface area contributed by atoms with Crippen molar-refractivity contribution in [2.75, 3.05) is 5.75 Å². The zero-order valence-electron chi connectivity index (χ0n) is 7.33. The molecule has 0 fully saturated rings. The smallest absolute Gasteiger partial charge is 0.0238 e. The lowest BCUT2D eigenvalue weighted by molar-refractivity contribution is 1.06. The second-order valence-electron chi connectivity index (χ2n) is 3.14. The highest BCUT2D eigenvalue weighted by Gasteiger charge is 2.16. The van der Waals surface area contributed by atoms with Crippen LogP contribution in [0.2, 0.25) is 0 Å². The maximum atomic E-state index is 2.29. The first-order chi connectivity index (χ1) is 5.77. The van der Waals surface area contributed by atoms with Crippen LogP contribution in [-0.2, 0) is 0 Å². The predicted octanol–water partition coefficient (Wildman–Crippen LogP) is 3.58. The van der Waals surface area contributed by atoms with Crippen LogP contribution in [0.1, 0.15) is 12.5 Å². The van der Waals surface area contributed by atoms with Crippen LogP contribution in [0.25, 0.3) is 0 Å². The normalized spacial score (nSPS) is 22.0. The van der Waals surface area contributed by atoms with E-state index in [9.17, 15) is 0 Å². The van der Waals surface area contributed by atoms with Gasteiger partial charge in [-0.3, -0.25) is 0 Å². The Morgan fingerprint density at radius 2 is 2.25 bits per heavy atom. The molecule has 0 aliphatic carbocycles. The van der Waals surface area contributed by atoms with E-state index in [2.05, 4.69) is 32.0 Å². The molecule has 1 aliphatic heterocycles. The lowest BCUT2D eigenvalue weighted by atomic mass is 10.2. The first-order valence-corrected chi connectivity index (χ1v) is 6.03. The monoisotopic (exact) mass is 196 g/mol. The fourth-order valence-electron chi connectivity index (χ4n) is 1.35. The third-order valence-electron chi connectivity index (χ3n) is 1.97. The largest absolute Gasteiger partial charge is 0.124 e. The minimum atomic E-state index is 0.768.